The number of hydrogen-bond donors (Lipinski definition) is 2. The summed E-state index contributed by atoms with van der Waals surface area (Å²) in [6.45, 7) is 2.68. The average molecular weight is 397 g/mol. The van der Waals surface area contributed by atoms with Crippen molar-refractivity contribution < 1.29 is 18.6 Å². The SMILES string of the molecule is COc1cc2c(Oc3ccc(N)cc3F)ccnc2cc1OCC1CCNCC1. The first kappa shape index (κ1) is 19.3. The van der Waals surface area contributed by atoms with Gasteiger partial charge in [0.25, 0.3) is 0 Å². The summed E-state index contributed by atoms with van der Waals surface area (Å²) in [4.78, 5) is 4.41. The van der Waals surface area contributed by atoms with Crippen LogP contribution in [0.25, 0.3) is 10.9 Å². The number of benzene rings is 2. The van der Waals surface area contributed by atoms with Gasteiger partial charge >= 0.3 is 0 Å². The largest absolute Gasteiger partial charge is 0.493 e. The molecule has 152 valence electrons. The van der Waals surface area contributed by atoms with E-state index in [9.17, 15) is 4.39 Å². The Hall–Kier alpha value is -3.06. The van der Waals surface area contributed by atoms with Gasteiger partial charge in [-0.3, -0.25) is 4.98 Å². The van der Waals surface area contributed by atoms with Gasteiger partial charge in [-0.15, -0.1) is 0 Å². The molecule has 6 nitrogen and oxygen atoms in total. The molecule has 0 spiro atoms. The quantitative estimate of drug-likeness (QED) is 0.609. The fourth-order valence-corrected chi connectivity index (χ4v) is 3.46. The fourth-order valence-electron chi connectivity index (χ4n) is 3.46. The summed E-state index contributed by atoms with van der Waals surface area (Å²) in [5.41, 5.74) is 6.63. The van der Waals surface area contributed by atoms with E-state index in [-0.39, 0.29) is 5.75 Å². The van der Waals surface area contributed by atoms with Crippen LogP contribution in [0.2, 0.25) is 0 Å². The maximum Gasteiger partial charge on any atom is 0.167 e. The third-order valence-corrected chi connectivity index (χ3v) is 5.10. The molecule has 7 heteroatoms. The highest BCUT2D eigenvalue weighted by molar-refractivity contribution is 5.88. The maximum absolute atomic E-state index is 14.2. The van der Waals surface area contributed by atoms with Crippen LogP contribution in [0.15, 0.2) is 42.6 Å². The summed E-state index contributed by atoms with van der Waals surface area (Å²) in [5.74, 6) is 1.79. The van der Waals surface area contributed by atoms with Crippen molar-refractivity contribution in [2.45, 2.75) is 12.8 Å². The molecular formula is C22H24FN3O3. The van der Waals surface area contributed by atoms with Crippen molar-refractivity contribution in [3.05, 3.63) is 48.4 Å². The first-order valence-electron chi connectivity index (χ1n) is 9.67. The highest BCUT2D eigenvalue weighted by atomic mass is 19.1. The maximum atomic E-state index is 14.2. The van der Waals surface area contributed by atoms with Gasteiger partial charge in [-0.25, -0.2) is 4.39 Å². The van der Waals surface area contributed by atoms with Gasteiger partial charge in [-0.2, -0.15) is 0 Å². The lowest BCUT2D eigenvalue weighted by atomic mass is 9.99. The standard InChI is InChI=1S/C22H24FN3O3/c1-27-21-11-16-18(12-22(21)28-13-14-4-7-25-8-5-14)26-9-6-19(16)29-20-3-2-15(24)10-17(20)23/h2-3,6,9-12,14,25H,4-5,7-8,13,24H2,1H3. The topological polar surface area (TPSA) is 78.6 Å². The van der Waals surface area contributed by atoms with Gasteiger partial charge < -0.3 is 25.3 Å². The van der Waals surface area contributed by atoms with E-state index in [4.69, 9.17) is 19.9 Å². The Morgan fingerprint density at radius 3 is 2.66 bits per heavy atom. The van der Waals surface area contributed by atoms with Gasteiger partial charge in [0.15, 0.2) is 23.1 Å². The average Bonchev–Trinajstić information content (AvgIpc) is 2.74. The van der Waals surface area contributed by atoms with Crippen LogP contribution in [0.5, 0.6) is 23.0 Å². The Morgan fingerprint density at radius 2 is 1.90 bits per heavy atom. The Labute approximate surface area is 168 Å². The van der Waals surface area contributed by atoms with Crippen LogP contribution in [0, 0.1) is 11.7 Å². The molecule has 3 N–H and O–H groups in total. The molecule has 0 amide bonds. The number of pyridine rings is 1. The molecule has 4 rings (SSSR count). The van der Waals surface area contributed by atoms with Gasteiger partial charge in [0.2, 0.25) is 0 Å². The summed E-state index contributed by atoms with van der Waals surface area (Å²) in [6, 6.07) is 9.66. The zero-order valence-electron chi connectivity index (χ0n) is 16.3. The number of hydrogen-bond acceptors (Lipinski definition) is 6. The van der Waals surface area contributed by atoms with Gasteiger partial charge in [0, 0.05) is 29.4 Å². The summed E-state index contributed by atoms with van der Waals surface area (Å²) < 4.78 is 31.5. The lowest BCUT2D eigenvalue weighted by Gasteiger charge is -2.23. The minimum Gasteiger partial charge on any atom is -0.493 e. The normalized spacial score (nSPS) is 14.7. The molecule has 1 fully saturated rings. The van der Waals surface area contributed by atoms with Crippen LogP contribution < -0.4 is 25.3 Å². The number of methoxy groups -OCH3 is 1. The van der Waals surface area contributed by atoms with Gasteiger partial charge in [-0.1, -0.05) is 0 Å². The number of fused-ring (bicyclic) bond motifs is 1. The lowest BCUT2D eigenvalue weighted by molar-refractivity contribution is 0.208. The zero-order chi connectivity index (χ0) is 20.2. The second-order valence-corrected chi connectivity index (χ2v) is 7.13. The summed E-state index contributed by atoms with van der Waals surface area (Å²) in [7, 11) is 1.59. The Balaban J connectivity index is 1.62. The summed E-state index contributed by atoms with van der Waals surface area (Å²) in [6.07, 6.45) is 3.81. The molecule has 2 aromatic carbocycles. The Kier molecular flexibility index (Phi) is 5.67. The fraction of sp³-hybridized carbons (Fsp3) is 0.318. The third-order valence-electron chi connectivity index (χ3n) is 5.10. The molecule has 1 aliphatic heterocycles. The van der Waals surface area contributed by atoms with Crippen molar-refractivity contribution in [2.75, 3.05) is 32.5 Å². The molecule has 1 aliphatic rings. The van der Waals surface area contributed by atoms with Gasteiger partial charge in [0.05, 0.1) is 19.2 Å². The Morgan fingerprint density at radius 1 is 1.07 bits per heavy atom. The highest BCUT2D eigenvalue weighted by Crippen LogP contribution is 2.38. The Bertz CT molecular complexity index is 1010. The zero-order valence-corrected chi connectivity index (χ0v) is 16.3. The van der Waals surface area contributed by atoms with E-state index >= 15 is 0 Å². The second kappa shape index (κ2) is 8.53. The first-order chi connectivity index (χ1) is 14.1. The van der Waals surface area contributed by atoms with Crippen molar-refractivity contribution >= 4 is 16.6 Å². The number of halogens is 1. The number of rotatable bonds is 6. The molecule has 1 saturated heterocycles. The number of nitrogens with one attached hydrogen (secondary N) is 1. The van der Waals surface area contributed by atoms with Crippen molar-refractivity contribution in [1.82, 2.24) is 10.3 Å². The van der Waals surface area contributed by atoms with Crippen LogP contribution in [0.4, 0.5) is 10.1 Å². The number of ether oxygens (including phenoxy) is 3. The second-order valence-electron chi connectivity index (χ2n) is 7.13. The number of nitrogens with zero attached hydrogens (tertiary/aromatic N) is 1. The smallest absolute Gasteiger partial charge is 0.167 e. The minimum atomic E-state index is -0.524. The molecule has 1 aromatic heterocycles. The van der Waals surface area contributed by atoms with Crippen molar-refractivity contribution in [1.29, 1.82) is 0 Å². The van der Waals surface area contributed by atoms with E-state index < -0.39 is 5.82 Å². The predicted molar refractivity (Wildman–Crippen MR) is 110 cm³/mol. The van der Waals surface area contributed by atoms with Crippen LogP contribution in [0.3, 0.4) is 0 Å². The molecule has 3 aromatic rings. The number of nitrogens with two attached hydrogens (primary N) is 1. The molecule has 0 atom stereocenters. The van der Waals surface area contributed by atoms with E-state index in [0.29, 0.717) is 46.4 Å². The van der Waals surface area contributed by atoms with Crippen molar-refractivity contribution in [3.63, 3.8) is 0 Å². The number of piperidine rings is 1. The van der Waals surface area contributed by atoms with Gasteiger partial charge in [-0.05, 0) is 56.1 Å². The first-order valence-corrected chi connectivity index (χ1v) is 9.67. The van der Waals surface area contributed by atoms with Crippen LogP contribution in [-0.4, -0.2) is 31.8 Å². The molecule has 0 unspecified atom stereocenters. The predicted octanol–water partition coefficient (Wildman–Crippen LogP) is 4.14. The molecule has 0 radical (unpaired) electrons. The van der Waals surface area contributed by atoms with Gasteiger partial charge in [0.1, 0.15) is 5.75 Å². The van der Waals surface area contributed by atoms with Crippen LogP contribution in [0.1, 0.15) is 12.8 Å². The summed E-state index contributed by atoms with van der Waals surface area (Å²) in [5, 5.41) is 4.06. The van der Waals surface area contributed by atoms with Crippen LogP contribution in [-0.2, 0) is 0 Å². The van der Waals surface area contributed by atoms with Crippen LogP contribution >= 0.6 is 0 Å². The van der Waals surface area contributed by atoms with Crippen molar-refractivity contribution in [2.24, 2.45) is 5.92 Å². The van der Waals surface area contributed by atoms with Crippen molar-refractivity contribution in [3.8, 4) is 23.0 Å². The van der Waals surface area contributed by atoms with E-state index in [0.717, 1.165) is 25.9 Å². The van der Waals surface area contributed by atoms with E-state index in [1.165, 1.54) is 12.1 Å². The number of anilines is 1. The number of nitrogen functional groups attached to an aromatic ring is 1. The lowest BCUT2D eigenvalue weighted by Crippen LogP contribution is -2.30. The van der Waals surface area contributed by atoms with E-state index in [1.54, 1.807) is 25.4 Å². The third kappa shape index (κ3) is 4.35. The molecule has 0 aliphatic carbocycles. The molecule has 2 heterocycles. The monoisotopic (exact) mass is 397 g/mol. The number of aromatic nitrogens is 1. The van der Waals surface area contributed by atoms with E-state index in [2.05, 4.69) is 10.3 Å². The molecule has 29 heavy (non-hydrogen) atoms. The molecule has 0 saturated carbocycles. The van der Waals surface area contributed by atoms with E-state index in [1.807, 2.05) is 12.1 Å². The highest BCUT2D eigenvalue weighted by Gasteiger charge is 2.17. The molecular weight excluding hydrogens is 373 g/mol. The minimum absolute atomic E-state index is 0.0944. The summed E-state index contributed by atoms with van der Waals surface area (Å²) >= 11 is 0. The molecule has 0 bridgehead atoms.